The Labute approximate surface area is 148 Å². The Morgan fingerprint density at radius 1 is 1.27 bits per heavy atom. The number of hydrogen-bond donors (Lipinski definition) is 2. The van der Waals surface area contributed by atoms with E-state index in [1.165, 1.54) is 31.4 Å². The van der Waals surface area contributed by atoms with Crippen LogP contribution in [0.15, 0.2) is 36.4 Å². The average molecular weight is 361 g/mol. The molecule has 136 valence electrons. The van der Waals surface area contributed by atoms with Crippen LogP contribution >= 0.6 is 0 Å². The first-order chi connectivity index (χ1) is 12.4. The standard InChI is InChI=1S/C19H17F2NO4/c1-26-16-6-5-10(7-14(16)19(24)25)9-22-18(23)13-8-12(13)11-3-2-4-15(20)17(11)21/h2-7,12-13H,8-9H2,1H3,(H,22,23)(H,24,25). The normalized spacial score (nSPS) is 18.3. The molecule has 1 saturated carbocycles. The average Bonchev–Trinajstić information content (AvgIpc) is 3.42. The van der Waals surface area contributed by atoms with Crippen molar-refractivity contribution >= 4 is 11.9 Å². The highest BCUT2D eigenvalue weighted by Gasteiger charge is 2.45. The summed E-state index contributed by atoms with van der Waals surface area (Å²) in [5.74, 6) is -3.75. The first kappa shape index (κ1) is 17.8. The number of methoxy groups -OCH3 is 1. The number of amides is 1. The summed E-state index contributed by atoms with van der Waals surface area (Å²) in [4.78, 5) is 23.4. The van der Waals surface area contributed by atoms with Gasteiger partial charge in [0.25, 0.3) is 0 Å². The second-order valence-electron chi connectivity index (χ2n) is 6.15. The molecule has 2 atom stereocenters. The van der Waals surface area contributed by atoms with Gasteiger partial charge in [-0.15, -0.1) is 0 Å². The third-order valence-corrected chi connectivity index (χ3v) is 4.47. The molecule has 0 heterocycles. The first-order valence-corrected chi connectivity index (χ1v) is 8.04. The SMILES string of the molecule is COc1ccc(CNC(=O)C2CC2c2cccc(F)c2F)cc1C(=O)O. The Bertz CT molecular complexity index is 869. The molecule has 0 aromatic heterocycles. The fourth-order valence-corrected chi connectivity index (χ4v) is 2.99. The van der Waals surface area contributed by atoms with Gasteiger partial charge in [0.15, 0.2) is 11.6 Å². The zero-order valence-corrected chi connectivity index (χ0v) is 14.0. The van der Waals surface area contributed by atoms with Crippen LogP contribution in [0.1, 0.15) is 33.8 Å². The van der Waals surface area contributed by atoms with Gasteiger partial charge in [-0.2, -0.15) is 0 Å². The number of nitrogens with one attached hydrogen (secondary N) is 1. The molecule has 26 heavy (non-hydrogen) atoms. The van der Waals surface area contributed by atoms with E-state index in [4.69, 9.17) is 4.74 Å². The quantitative estimate of drug-likeness (QED) is 0.829. The Kier molecular flexibility index (Phi) is 4.88. The van der Waals surface area contributed by atoms with Crippen molar-refractivity contribution in [2.24, 2.45) is 5.92 Å². The summed E-state index contributed by atoms with van der Waals surface area (Å²) < 4.78 is 32.1. The molecule has 3 rings (SSSR count). The highest BCUT2D eigenvalue weighted by atomic mass is 19.2. The molecule has 1 fully saturated rings. The van der Waals surface area contributed by atoms with Crippen LogP contribution < -0.4 is 10.1 Å². The van der Waals surface area contributed by atoms with E-state index in [1.54, 1.807) is 6.07 Å². The summed E-state index contributed by atoms with van der Waals surface area (Å²) in [5, 5.41) is 11.9. The van der Waals surface area contributed by atoms with Gasteiger partial charge in [-0.3, -0.25) is 4.79 Å². The number of halogens is 2. The summed E-state index contributed by atoms with van der Waals surface area (Å²) in [6.07, 6.45) is 0.454. The fourth-order valence-electron chi connectivity index (χ4n) is 2.99. The van der Waals surface area contributed by atoms with Crippen LogP contribution in [0.2, 0.25) is 0 Å². The Hall–Kier alpha value is -2.96. The molecule has 1 aliphatic carbocycles. The van der Waals surface area contributed by atoms with E-state index in [1.807, 2.05) is 0 Å². The van der Waals surface area contributed by atoms with Gasteiger partial charge in [-0.05, 0) is 41.7 Å². The molecule has 0 spiro atoms. The molecule has 5 nitrogen and oxygen atoms in total. The van der Waals surface area contributed by atoms with Crippen molar-refractivity contribution in [1.82, 2.24) is 5.32 Å². The van der Waals surface area contributed by atoms with E-state index < -0.39 is 23.5 Å². The van der Waals surface area contributed by atoms with Gasteiger partial charge in [-0.25, -0.2) is 13.6 Å². The second kappa shape index (κ2) is 7.11. The van der Waals surface area contributed by atoms with E-state index in [0.717, 1.165) is 6.07 Å². The van der Waals surface area contributed by atoms with E-state index in [2.05, 4.69) is 5.32 Å². The summed E-state index contributed by atoms with van der Waals surface area (Å²) >= 11 is 0. The second-order valence-corrected chi connectivity index (χ2v) is 6.15. The van der Waals surface area contributed by atoms with E-state index in [0.29, 0.717) is 12.0 Å². The van der Waals surface area contributed by atoms with E-state index in [-0.39, 0.29) is 35.2 Å². The van der Waals surface area contributed by atoms with Crippen LogP contribution in [0.4, 0.5) is 8.78 Å². The number of hydrogen-bond acceptors (Lipinski definition) is 3. The number of ether oxygens (including phenoxy) is 1. The highest BCUT2D eigenvalue weighted by Crippen LogP contribution is 2.48. The fraction of sp³-hybridized carbons (Fsp3) is 0.263. The van der Waals surface area contributed by atoms with Crippen LogP contribution in [-0.4, -0.2) is 24.1 Å². The van der Waals surface area contributed by atoms with Gasteiger partial charge < -0.3 is 15.2 Å². The molecule has 2 unspecified atom stereocenters. The van der Waals surface area contributed by atoms with Crippen LogP contribution in [-0.2, 0) is 11.3 Å². The Morgan fingerprint density at radius 2 is 2.04 bits per heavy atom. The zero-order chi connectivity index (χ0) is 18.8. The van der Waals surface area contributed by atoms with E-state index >= 15 is 0 Å². The predicted octanol–water partition coefficient (Wildman–Crippen LogP) is 3.09. The number of aromatic carboxylic acids is 1. The number of carbonyl (C=O) groups is 2. The van der Waals surface area contributed by atoms with Gasteiger partial charge in [0.2, 0.25) is 5.91 Å². The van der Waals surface area contributed by atoms with Crippen molar-refractivity contribution in [1.29, 1.82) is 0 Å². The predicted molar refractivity (Wildman–Crippen MR) is 89.0 cm³/mol. The molecular formula is C19H17F2NO4. The third-order valence-electron chi connectivity index (χ3n) is 4.47. The minimum atomic E-state index is -1.13. The third kappa shape index (κ3) is 3.51. The van der Waals surface area contributed by atoms with Crippen molar-refractivity contribution < 1.29 is 28.2 Å². The van der Waals surface area contributed by atoms with Gasteiger partial charge in [0.05, 0.1) is 7.11 Å². The van der Waals surface area contributed by atoms with Crippen LogP contribution in [0.3, 0.4) is 0 Å². The molecule has 0 bridgehead atoms. The molecule has 1 aliphatic rings. The maximum absolute atomic E-state index is 13.8. The topological polar surface area (TPSA) is 75.6 Å². The lowest BCUT2D eigenvalue weighted by molar-refractivity contribution is -0.122. The summed E-state index contributed by atoms with van der Waals surface area (Å²) in [6.45, 7) is 0.137. The molecule has 2 aromatic carbocycles. The Balaban J connectivity index is 1.63. The van der Waals surface area contributed by atoms with Gasteiger partial charge in [0, 0.05) is 12.5 Å². The summed E-state index contributed by atoms with van der Waals surface area (Å²) in [7, 11) is 1.38. The van der Waals surface area contributed by atoms with Crippen molar-refractivity contribution in [3.63, 3.8) is 0 Å². The molecule has 2 aromatic rings. The lowest BCUT2D eigenvalue weighted by Gasteiger charge is -2.09. The van der Waals surface area contributed by atoms with Crippen LogP contribution in [0.5, 0.6) is 5.75 Å². The Morgan fingerprint density at radius 3 is 2.73 bits per heavy atom. The molecule has 0 radical (unpaired) electrons. The zero-order valence-electron chi connectivity index (χ0n) is 14.0. The lowest BCUT2D eigenvalue weighted by atomic mass is 10.1. The first-order valence-electron chi connectivity index (χ1n) is 8.04. The smallest absolute Gasteiger partial charge is 0.339 e. The summed E-state index contributed by atoms with van der Waals surface area (Å²) in [6, 6.07) is 8.55. The summed E-state index contributed by atoms with van der Waals surface area (Å²) in [5.41, 5.74) is 0.818. The van der Waals surface area contributed by atoms with Gasteiger partial charge in [0.1, 0.15) is 11.3 Å². The molecule has 2 N–H and O–H groups in total. The van der Waals surface area contributed by atoms with Crippen molar-refractivity contribution in [2.75, 3.05) is 7.11 Å². The van der Waals surface area contributed by atoms with Crippen molar-refractivity contribution in [2.45, 2.75) is 18.9 Å². The highest BCUT2D eigenvalue weighted by molar-refractivity contribution is 5.91. The molecule has 0 saturated heterocycles. The monoisotopic (exact) mass is 361 g/mol. The minimum Gasteiger partial charge on any atom is -0.496 e. The van der Waals surface area contributed by atoms with E-state index in [9.17, 15) is 23.5 Å². The number of carboxylic acids is 1. The van der Waals surface area contributed by atoms with Gasteiger partial charge >= 0.3 is 5.97 Å². The molecule has 0 aliphatic heterocycles. The number of rotatable bonds is 6. The largest absolute Gasteiger partial charge is 0.496 e. The number of benzene rings is 2. The van der Waals surface area contributed by atoms with Gasteiger partial charge in [-0.1, -0.05) is 18.2 Å². The molecular weight excluding hydrogens is 344 g/mol. The lowest BCUT2D eigenvalue weighted by Crippen LogP contribution is -2.25. The number of carboxylic acid groups (broad SMARTS) is 1. The maximum atomic E-state index is 13.8. The minimum absolute atomic E-state index is 0.00498. The molecule has 1 amide bonds. The van der Waals surface area contributed by atoms with Crippen molar-refractivity contribution in [3.8, 4) is 5.75 Å². The maximum Gasteiger partial charge on any atom is 0.339 e. The van der Waals surface area contributed by atoms with Crippen molar-refractivity contribution in [3.05, 3.63) is 64.7 Å². The van der Waals surface area contributed by atoms with Crippen LogP contribution in [0.25, 0.3) is 0 Å². The molecule has 7 heteroatoms. The number of carbonyl (C=O) groups excluding carboxylic acids is 1. The van der Waals surface area contributed by atoms with Crippen LogP contribution in [0, 0.1) is 17.6 Å².